The number of benzene rings is 1. The smallest absolute Gasteiger partial charge is 0.289 e. The molecule has 0 bridgehead atoms. The van der Waals surface area contributed by atoms with Crippen LogP contribution in [0.15, 0.2) is 34.9 Å². The summed E-state index contributed by atoms with van der Waals surface area (Å²) in [6.45, 7) is 0. The molecule has 2 heterocycles. The fourth-order valence-corrected chi connectivity index (χ4v) is 1.58. The van der Waals surface area contributed by atoms with Crippen LogP contribution in [0.3, 0.4) is 0 Å². The van der Waals surface area contributed by atoms with Gasteiger partial charge in [-0.2, -0.15) is 0 Å². The highest BCUT2D eigenvalue weighted by Gasteiger charge is 2.12. The summed E-state index contributed by atoms with van der Waals surface area (Å²) in [6, 6.07) is 7.11. The maximum absolute atomic E-state index is 12.3. The van der Waals surface area contributed by atoms with E-state index in [1.807, 2.05) is 0 Å². The van der Waals surface area contributed by atoms with E-state index in [9.17, 15) is 8.96 Å². The first-order valence-electron chi connectivity index (χ1n) is 4.51. The van der Waals surface area contributed by atoms with E-state index < -0.39 is 11.3 Å². The molecule has 0 saturated heterocycles. The summed E-state index contributed by atoms with van der Waals surface area (Å²) in [7, 11) is 0. The van der Waals surface area contributed by atoms with Gasteiger partial charge in [-0.05, 0) is 17.5 Å². The average Bonchev–Trinajstić information content (AvgIpc) is 2.66. The van der Waals surface area contributed by atoms with E-state index in [2.05, 4.69) is 9.97 Å². The Hall–Kier alpha value is -2.24. The van der Waals surface area contributed by atoms with Gasteiger partial charge in [-0.25, -0.2) is 9.97 Å². The first kappa shape index (κ1) is 9.02. The lowest BCUT2D eigenvalue weighted by molar-refractivity contribution is 0.227. The van der Waals surface area contributed by atoms with Crippen molar-refractivity contribution in [1.29, 1.82) is 0 Å². The van der Waals surface area contributed by atoms with Crippen LogP contribution in [0.5, 0.6) is 0 Å². The SMILES string of the molecule is FN(F)c1ncc2oc3ccccc3c2n1. The third-order valence-corrected chi connectivity index (χ3v) is 2.26. The van der Waals surface area contributed by atoms with Crippen molar-refractivity contribution < 1.29 is 13.4 Å². The van der Waals surface area contributed by atoms with Crippen molar-refractivity contribution in [2.75, 3.05) is 5.34 Å². The Balaban J connectivity index is 2.40. The lowest BCUT2D eigenvalue weighted by Gasteiger charge is -1.97. The molecule has 0 saturated carbocycles. The Morgan fingerprint density at radius 2 is 1.94 bits per heavy atom. The largest absolute Gasteiger partial charge is 0.453 e. The lowest BCUT2D eigenvalue weighted by atomic mass is 10.2. The van der Waals surface area contributed by atoms with Crippen LogP contribution < -0.4 is 5.34 Å². The molecule has 1 aromatic carbocycles. The van der Waals surface area contributed by atoms with E-state index in [4.69, 9.17) is 4.42 Å². The van der Waals surface area contributed by atoms with Gasteiger partial charge in [-0.3, -0.25) is 0 Å². The maximum Gasteiger partial charge on any atom is 0.289 e. The van der Waals surface area contributed by atoms with Crippen molar-refractivity contribution in [3.63, 3.8) is 0 Å². The van der Waals surface area contributed by atoms with Gasteiger partial charge in [-0.15, -0.1) is 0 Å². The second-order valence-corrected chi connectivity index (χ2v) is 3.21. The van der Waals surface area contributed by atoms with Crippen LogP contribution in [0.2, 0.25) is 0 Å². The van der Waals surface area contributed by atoms with Crippen LogP contribution >= 0.6 is 0 Å². The molecule has 0 atom stereocenters. The summed E-state index contributed by atoms with van der Waals surface area (Å²) in [5.41, 5.74) is 1.39. The first-order valence-corrected chi connectivity index (χ1v) is 4.51. The molecule has 0 spiro atoms. The molecule has 3 rings (SSSR count). The summed E-state index contributed by atoms with van der Waals surface area (Å²) >= 11 is 0. The van der Waals surface area contributed by atoms with Crippen LogP contribution in [0.4, 0.5) is 14.9 Å². The third kappa shape index (κ3) is 1.19. The van der Waals surface area contributed by atoms with Crippen molar-refractivity contribution >= 4 is 28.0 Å². The Kier molecular flexibility index (Phi) is 1.76. The van der Waals surface area contributed by atoms with E-state index in [-0.39, 0.29) is 0 Å². The minimum atomic E-state index is -1.12. The number of halogens is 2. The van der Waals surface area contributed by atoms with Crippen molar-refractivity contribution in [2.45, 2.75) is 0 Å². The van der Waals surface area contributed by atoms with Gasteiger partial charge < -0.3 is 4.42 Å². The van der Waals surface area contributed by atoms with Gasteiger partial charge in [0.2, 0.25) is 0 Å². The highest BCUT2D eigenvalue weighted by atomic mass is 19.4. The standard InChI is InChI=1S/C10H5F2N3O/c11-15(12)10-13-5-8-9(14-10)6-3-1-2-4-7(6)16-8/h1-5H. The summed E-state index contributed by atoms with van der Waals surface area (Å²) in [5.74, 6) is -0.640. The van der Waals surface area contributed by atoms with Gasteiger partial charge in [0.1, 0.15) is 11.1 Å². The molecule has 0 N–H and O–H groups in total. The van der Waals surface area contributed by atoms with Crippen LogP contribution in [0.1, 0.15) is 0 Å². The number of aromatic nitrogens is 2. The number of rotatable bonds is 1. The molecule has 0 radical (unpaired) electrons. The first-order chi connectivity index (χ1) is 7.75. The average molecular weight is 221 g/mol. The Morgan fingerprint density at radius 1 is 1.12 bits per heavy atom. The van der Waals surface area contributed by atoms with Gasteiger partial charge in [0.05, 0.1) is 6.20 Å². The molecular formula is C10H5F2N3O. The fourth-order valence-electron chi connectivity index (χ4n) is 1.58. The molecule has 0 fully saturated rings. The van der Waals surface area contributed by atoms with Gasteiger partial charge in [0, 0.05) is 5.39 Å². The van der Waals surface area contributed by atoms with Crippen LogP contribution in [-0.4, -0.2) is 9.97 Å². The van der Waals surface area contributed by atoms with Crippen molar-refractivity contribution in [2.24, 2.45) is 0 Å². The molecule has 0 aliphatic carbocycles. The highest BCUT2D eigenvalue weighted by molar-refractivity contribution is 6.02. The maximum atomic E-state index is 12.3. The Morgan fingerprint density at radius 3 is 2.75 bits per heavy atom. The topological polar surface area (TPSA) is 42.2 Å². The second-order valence-electron chi connectivity index (χ2n) is 3.21. The fraction of sp³-hybridized carbons (Fsp3) is 0. The molecule has 16 heavy (non-hydrogen) atoms. The van der Waals surface area contributed by atoms with Crippen LogP contribution in [-0.2, 0) is 0 Å². The Bertz CT molecular complexity index is 665. The van der Waals surface area contributed by atoms with E-state index in [0.717, 1.165) is 0 Å². The van der Waals surface area contributed by atoms with Crippen LogP contribution in [0.25, 0.3) is 22.1 Å². The zero-order valence-electron chi connectivity index (χ0n) is 7.89. The zero-order chi connectivity index (χ0) is 11.1. The highest BCUT2D eigenvalue weighted by Crippen LogP contribution is 2.27. The van der Waals surface area contributed by atoms with E-state index in [1.165, 1.54) is 6.20 Å². The van der Waals surface area contributed by atoms with Crippen molar-refractivity contribution in [1.82, 2.24) is 9.97 Å². The summed E-state index contributed by atoms with van der Waals surface area (Å²) < 4.78 is 30.0. The normalized spacial score (nSPS) is 11.1. The summed E-state index contributed by atoms with van der Waals surface area (Å²) in [4.78, 5) is 7.21. The second kappa shape index (κ2) is 3.13. The number of furan rings is 1. The van der Waals surface area contributed by atoms with Gasteiger partial charge in [-0.1, -0.05) is 21.1 Å². The molecule has 0 amide bonds. The predicted molar refractivity (Wildman–Crippen MR) is 54.0 cm³/mol. The molecule has 2 aromatic heterocycles. The molecule has 0 aliphatic rings. The van der Waals surface area contributed by atoms with Gasteiger partial charge >= 0.3 is 0 Å². The number of nitrogens with zero attached hydrogens (tertiary/aromatic N) is 3. The molecule has 3 aromatic rings. The number of fused-ring (bicyclic) bond motifs is 3. The van der Waals surface area contributed by atoms with Gasteiger partial charge in [0.15, 0.2) is 5.58 Å². The quantitative estimate of drug-likeness (QED) is 0.592. The van der Waals surface area contributed by atoms with Crippen molar-refractivity contribution in [3.05, 3.63) is 30.5 Å². The monoisotopic (exact) mass is 221 g/mol. The number of anilines is 1. The van der Waals surface area contributed by atoms with E-state index >= 15 is 0 Å². The van der Waals surface area contributed by atoms with Crippen molar-refractivity contribution in [3.8, 4) is 0 Å². The summed E-state index contributed by atoms with van der Waals surface area (Å²) in [5, 5.41) is -0.427. The molecule has 4 nitrogen and oxygen atoms in total. The zero-order valence-corrected chi connectivity index (χ0v) is 7.89. The minimum absolute atomic E-state index is 0.390. The number of hydrogen-bond acceptors (Lipinski definition) is 4. The molecular weight excluding hydrogens is 216 g/mol. The molecule has 0 unspecified atom stereocenters. The predicted octanol–water partition coefficient (Wildman–Crippen LogP) is 2.95. The summed E-state index contributed by atoms with van der Waals surface area (Å²) in [6.07, 6.45) is 1.24. The lowest BCUT2D eigenvalue weighted by Crippen LogP contribution is -2.01. The minimum Gasteiger partial charge on any atom is -0.453 e. The van der Waals surface area contributed by atoms with Gasteiger partial charge in [0.25, 0.3) is 5.95 Å². The Labute approximate surface area is 88.0 Å². The third-order valence-electron chi connectivity index (χ3n) is 2.26. The van der Waals surface area contributed by atoms with E-state index in [1.54, 1.807) is 24.3 Å². The molecule has 6 heteroatoms. The van der Waals surface area contributed by atoms with Crippen LogP contribution in [0, 0.1) is 0 Å². The van der Waals surface area contributed by atoms with E-state index in [0.29, 0.717) is 22.1 Å². The molecule has 0 aliphatic heterocycles. The number of para-hydroxylation sites is 1. The number of hydrogen-bond donors (Lipinski definition) is 0. The molecule has 80 valence electrons.